The van der Waals surface area contributed by atoms with Crippen molar-refractivity contribution in [2.24, 2.45) is 0 Å². The van der Waals surface area contributed by atoms with Crippen molar-refractivity contribution in [3.8, 4) is 0 Å². The number of carbonyl (C=O) groups excluding carboxylic acids is 2. The highest BCUT2D eigenvalue weighted by Gasteiger charge is 2.09. The van der Waals surface area contributed by atoms with E-state index in [0.29, 0.717) is 19.1 Å². The molecule has 1 atom stereocenters. The van der Waals surface area contributed by atoms with Crippen LogP contribution >= 0.6 is 0 Å². The fraction of sp³-hybridized carbons (Fsp3) is 0.769. The smallest absolute Gasteiger partial charge is 0.321 e. The summed E-state index contributed by atoms with van der Waals surface area (Å²) < 4.78 is 0. The molecule has 116 valence electrons. The van der Waals surface area contributed by atoms with Crippen molar-refractivity contribution in [2.45, 2.75) is 45.6 Å². The molecule has 0 aromatic carbocycles. The van der Waals surface area contributed by atoms with E-state index in [4.69, 9.17) is 5.11 Å². The van der Waals surface area contributed by atoms with E-state index in [0.717, 1.165) is 6.42 Å². The molecule has 7 heteroatoms. The molecule has 20 heavy (non-hydrogen) atoms. The zero-order chi connectivity index (χ0) is 15.5. The number of nitrogens with one attached hydrogen (secondary N) is 2. The number of urea groups is 1. The van der Waals surface area contributed by atoms with Crippen LogP contribution in [-0.2, 0) is 9.59 Å². The van der Waals surface area contributed by atoms with Crippen LogP contribution in [-0.4, -0.2) is 54.1 Å². The number of aliphatic carboxylic acids is 1. The van der Waals surface area contributed by atoms with Gasteiger partial charge in [-0.3, -0.25) is 14.9 Å². The summed E-state index contributed by atoms with van der Waals surface area (Å²) in [5.74, 6) is -1.41. The molecule has 1 unspecified atom stereocenters. The van der Waals surface area contributed by atoms with Crippen LogP contribution in [0.15, 0.2) is 0 Å². The third-order valence-electron chi connectivity index (χ3n) is 3.14. The van der Waals surface area contributed by atoms with Crippen LogP contribution in [0.2, 0.25) is 0 Å². The summed E-state index contributed by atoms with van der Waals surface area (Å²) in [6.45, 7) is 5.36. The molecule has 0 rings (SSSR count). The molecule has 0 saturated carbocycles. The lowest BCUT2D eigenvalue weighted by atomic mass is 10.2. The average Bonchev–Trinajstić information content (AvgIpc) is 2.36. The summed E-state index contributed by atoms with van der Waals surface area (Å²) in [6.07, 6.45) is 1.22. The van der Waals surface area contributed by atoms with E-state index in [9.17, 15) is 14.4 Å². The Balaban J connectivity index is 3.72. The second-order valence-electron chi connectivity index (χ2n) is 4.79. The molecule has 0 aromatic heterocycles. The highest BCUT2D eigenvalue weighted by Crippen LogP contribution is 1.98. The zero-order valence-electron chi connectivity index (χ0n) is 12.4. The molecule has 0 heterocycles. The Bertz CT molecular complexity index is 334. The van der Waals surface area contributed by atoms with E-state index in [1.165, 1.54) is 0 Å². The standard InChI is InChI=1S/C13H25N3O4/c1-4-10(2)16(3)9-8-14-13(20)15-11(17)6-5-7-12(18)19/h10H,4-9H2,1-3H3,(H,18,19)(H2,14,15,17,20). The van der Waals surface area contributed by atoms with Crippen LogP contribution in [0.25, 0.3) is 0 Å². The van der Waals surface area contributed by atoms with Crippen LogP contribution in [0.3, 0.4) is 0 Å². The van der Waals surface area contributed by atoms with Crippen molar-refractivity contribution in [3.63, 3.8) is 0 Å². The first kappa shape index (κ1) is 18.4. The van der Waals surface area contributed by atoms with Gasteiger partial charge in [0, 0.05) is 32.0 Å². The summed E-state index contributed by atoms with van der Waals surface area (Å²) in [6, 6.07) is -0.0969. The fourth-order valence-corrected chi connectivity index (χ4v) is 1.51. The van der Waals surface area contributed by atoms with Crippen LogP contribution in [0.5, 0.6) is 0 Å². The Morgan fingerprint density at radius 3 is 2.45 bits per heavy atom. The highest BCUT2D eigenvalue weighted by molar-refractivity contribution is 5.94. The number of rotatable bonds is 9. The normalized spacial score (nSPS) is 12.0. The molecule has 0 bridgehead atoms. The average molecular weight is 287 g/mol. The lowest BCUT2D eigenvalue weighted by Crippen LogP contribution is -2.43. The van der Waals surface area contributed by atoms with Gasteiger partial charge in [0.1, 0.15) is 0 Å². The summed E-state index contributed by atoms with van der Waals surface area (Å²) in [7, 11) is 1.98. The number of carbonyl (C=O) groups is 3. The predicted octanol–water partition coefficient (Wildman–Crippen LogP) is 0.797. The third kappa shape index (κ3) is 9.32. The van der Waals surface area contributed by atoms with E-state index < -0.39 is 17.9 Å². The number of amides is 3. The van der Waals surface area contributed by atoms with Gasteiger partial charge < -0.3 is 15.3 Å². The largest absolute Gasteiger partial charge is 0.481 e. The first-order valence-corrected chi connectivity index (χ1v) is 6.86. The summed E-state index contributed by atoms with van der Waals surface area (Å²) >= 11 is 0. The number of likely N-dealkylation sites (N-methyl/N-ethyl adjacent to an activating group) is 1. The molecule has 0 aromatic rings. The maximum absolute atomic E-state index is 11.4. The minimum Gasteiger partial charge on any atom is -0.481 e. The van der Waals surface area contributed by atoms with Gasteiger partial charge >= 0.3 is 12.0 Å². The maximum Gasteiger partial charge on any atom is 0.321 e. The quantitative estimate of drug-likeness (QED) is 0.582. The Morgan fingerprint density at radius 1 is 1.25 bits per heavy atom. The Kier molecular flexibility index (Phi) is 9.36. The molecule has 3 amide bonds. The van der Waals surface area contributed by atoms with Gasteiger partial charge in [-0.25, -0.2) is 4.79 Å². The second kappa shape index (κ2) is 10.2. The van der Waals surface area contributed by atoms with E-state index in [-0.39, 0.29) is 19.3 Å². The van der Waals surface area contributed by atoms with Crippen molar-refractivity contribution in [3.05, 3.63) is 0 Å². The van der Waals surface area contributed by atoms with E-state index >= 15 is 0 Å². The van der Waals surface area contributed by atoms with Crippen molar-refractivity contribution < 1.29 is 19.5 Å². The monoisotopic (exact) mass is 287 g/mol. The van der Waals surface area contributed by atoms with Gasteiger partial charge in [-0.15, -0.1) is 0 Å². The molecular weight excluding hydrogens is 262 g/mol. The number of imide groups is 1. The van der Waals surface area contributed by atoms with Crippen molar-refractivity contribution >= 4 is 17.9 Å². The molecule has 3 N–H and O–H groups in total. The lowest BCUT2D eigenvalue weighted by molar-refractivity contribution is -0.137. The summed E-state index contributed by atoms with van der Waals surface area (Å²) in [5.41, 5.74) is 0. The second-order valence-corrected chi connectivity index (χ2v) is 4.79. The van der Waals surface area contributed by atoms with Gasteiger partial charge in [0.15, 0.2) is 0 Å². The first-order chi connectivity index (χ1) is 9.36. The van der Waals surface area contributed by atoms with Crippen LogP contribution in [0, 0.1) is 0 Å². The fourth-order valence-electron chi connectivity index (χ4n) is 1.51. The number of hydrogen-bond donors (Lipinski definition) is 3. The molecule has 0 aliphatic heterocycles. The number of hydrogen-bond acceptors (Lipinski definition) is 4. The maximum atomic E-state index is 11.4. The molecule has 0 spiro atoms. The van der Waals surface area contributed by atoms with Crippen LogP contribution < -0.4 is 10.6 Å². The number of carboxylic acid groups (broad SMARTS) is 1. The van der Waals surface area contributed by atoms with Gasteiger partial charge in [0.05, 0.1) is 0 Å². The lowest BCUT2D eigenvalue weighted by Gasteiger charge is -2.23. The SMILES string of the molecule is CCC(C)N(C)CCNC(=O)NC(=O)CCCC(=O)O. The van der Waals surface area contributed by atoms with E-state index in [1.54, 1.807) is 0 Å². The third-order valence-corrected chi connectivity index (χ3v) is 3.14. The molecule has 0 radical (unpaired) electrons. The number of carboxylic acids is 1. The highest BCUT2D eigenvalue weighted by atomic mass is 16.4. The van der Waals surface area contributed by atoms with Gasteiger partial charge in [-0.1, -0.05) is 6.92 Å². The summed E-state index contributed by atoms with van der Waals surface area (Å²) in [4.78, 5) is 35.1. The van der Waals surface area contributed by atoms with Crippen molar-refractivity contribution in [2.75, 3.05) is 20.1 Å². The topological polar surface area (TPSA) is 98.7 Å². The van der Waals surface area contributed by atoms with E-state index in [2.05, 4.69) is 29.4 Å². The van der Waals surface area contributed by atoms with Gasteiger partial charge in [0.2, 0.25) is 5.91 Å². The van der Waals surface area contributed by atoms with Gasteiger partial charge in [0.25, 0.3) is 0 Å². The zero-order valence-corrected chi connectivity index (χ0v) is 12.4. The first-order valence-electron chi connectivity index (χ1n) is 6.86. The predicted molar refractivity (Wildman–Crippen MR) is 75.4 cm³/mol. The molecule has 0 aliphatic carbocycles. The molecule has 0 aliphatic rings. The Morgan fingerprint density at radius 2 is 1.90 bits per heavy atom. The summed E-state index contributed by atoms with van der Waals surface area (Å²) in [5, 5.41) is 13.2. The molecule has 0 saturated heterocycles. The number of nitrogens with zero attached hydrogens (tertiary/aromatic N) is 1. The Hall–Kier alpha value is -1.63. The molecule has 7 nitrogen and oxygen atoms in total. The minimum atomic E-state index is -0.949. The van der Waals surface area contributed by atoms with E-state index in [1.807, 2.05) is 7.05 Å². The van der Waals surface area contributed by atoms with Crippen molar-refractivity contribution in [1.29, 1.82) is 0 Å². The Labute approximate surface area is 119 Å². The van der Waals surface area contributed by atoms with Gasteiger partial charge in [-0.05, 0) is 26.8 Å². The molecule has 0 fully saturated rings. The molecular formula is C13H25N3O4. The van der Waals surface area contributed by atoms with Crippen LogP contribution in [0.4, 0.5) is 4.79 Å². The van der Waals surface area contributed by atoms with Crippen molar-refractivity contribution in [1.82, 2.24) is 15.5 Å². The van der Waals surface area contributed by atoms with Crippen LogP contribution in [0.1, 0.15) is 39.5 Å². The van der Waals surface area contributed by atoms with Gasteiger partial charge in [-0.2, -0.15) is 0 Å². The minimum absolute atomic E-state index is 0.0342.